The third-order valence-electron chi connectivity index (χ3n) is 7.42. The lowest BCUT2D eigenvalue weighted by molar-refractivity contribution is -0.135. The number of hydrogen-bond acceptors (Lipinski definition) is 7. The molecule has 8 nitrogen and oxygen atoms in total. The van der Waals surface area contributed by atoms with Gasteiger partial charge in [0.15, 0.2) is 41.2 Å². The second-order valence-corrected chi connectivity index (χ2v) is 9.78. The van der Waals surface area contributed by atoms with Crippen molar-refractivity contribution in [1.29, 1.82) is 0 Å². The molecule has 0 saturated heterocycles. The lowest BCUT2D eigenvalue weighted by atomic mass is 9.77. The average molecular weight is 529 g/mol. The molecule has 1 aliphatic carbocycles. The first kappa shape index (κ1) is 23.6. The van der Waals surface area contributed by atoms with Gasteiger partial charge >= 0.3 is 0 Å². The molecule has 3 heterocycles. The third kappa shape index (κ3) is 4.33. The summed E-state index contributed by atoms with van der Waals surface area (Å²) >= 11 is 0. The zero-order valence-corrected chi connectivity index (χ0v) is 21.0. The Labute approximate surface area is 224 Å². The van der Waals surface area contributed by atoms with E-state index in [0.29, 0.717) is 17.2 Å². The SMILES string of the molecule is O=C(COc1ccccc1F)N1N=C2C(=Cc3ccc4c(c3)OCO4)CCCC2C1c1ccc2c(c1)OCO2. The lowest BCUT2D eigenvalue weighted by Gasteiger charge is -2.29. The Kier molecular flexibility index (Phi) is 5.83. The number of fused-ring (bicyclic) bond motifs is 3. The minimum atomic E-state index is -0.520. The van der Waals surface area contributed by atoms with Crippen molar-refractivity contribution in [2.75, 3.05) is 20.2 Å². The monoisotopic (exact) mass is 528 g/mol. The number of carbonyl (C=O) groups excluding carboxylic acids is 1. The van der Waals surface area contributed by atoms with Gasteiger partial charge in [0.2, 0.25) is 13.6 Å². The Morgan fingerprint density at radius 3 is 2.54 bits per heavy atom. The molecule has 0 bridgehead atoms. The lowest BCUT2D eigenvalue weighted by Crippen LogP contribution is -2.34. The van der Waals surface area contributed by atoms with Crippen LogP contribution in [0.25, 0.3) is 6.08 Å². The van der Waals surface area contributed by atoms with E-state index in [1.165, 1.54) is 17.1 Å². The number of halogens is 1. The van der Waals surface area contributed by atoms with Crippen molar-refractivity contribution in [1.82, 2.24) is 5.01 Å². The minimum absolute atomic E-state index is 0.0169. The first-order valence-electron chi connectivity index (χ1n) is 12.9. The summed E-state index contributed by atoms with van der Waals surface area (Å²) in [5.74, 6) is 1.89. The van der Waals surface area contributed by atoms with Crippen molar-refractivity contribution in [3.8, 4) is 28.7 Å². The summed E-state index contributed by atoms with van der Waals surface area (Å²) in [5.41, 5.74) is 3.82. The molecule has 3 aromatic rings. The van der Waals surface area contributed by atoms with Gasteiger partial charge in [-0.1, -0.05) is 24.3 Å². The molecule has 2 atom stereocenters. The van der Waals surface area contributed by atoms with Crippen LogP contribution < -0.4 is 23.7 Å². The van der Waals surface area contributed by atoms with E-state index < -0.39 is 5.82 Å². The van der Waals surface area contributed by atoms with E-state index in [0.717, 1.165) is 47.4 Å². The highest BCUT2D eigenvalue weighted by Crippen LogP contribution is 2.46. The van der Waals surface area contributed by atoms with Crippen LogP contribution in [0.2, 0.25) is 0 Å². The molecule has 0 aromatic heterocycles. The number of ether oxygens (including phenoxy) is 5. The number of allylic oxidation sites excluding steroid dienone is 1. The normalized spacial score (nSPS) is 21.6. The molecule has 1 amide bonds. The molecular formula is C30H25FN2O6. The first-order valence-corrected chi connectivity index (χ1v) is 12.9. The Bertz CT molecular complexity index is 1520. The quantitative estimate of drug-likeness (QED) is 0.436. The molecule has 0 spiro atoms. The smallest absolute Gasteiger partial charge is 0.281 e. The van der Waals surface area contributed by atoms with Gasteiger partial charge in [-0.25, -0.2) is 9.40 Å². The van der Waals surface area contributed by atoms with E-state index in [-0.39, 0.29) is 43.8 Å². The molecular weight excluding hydrogens is 503 g/mol. The molecule has 1 saturated carbocycles. The first-order chi connectivity index (χ1) is 19.1. The van der Waals surface area contributed by atoms with Crippen molar-refractivity contribution < 1.29 is 32.9 Å². The van der Waals surface area contributed by atoms with Crippen LogP contribution in [0.3, 0.4) is 0 Å². The van der Waals surface area contributed by atoms with E-state index in [1.54, 1.807) is 12.1 Å². The number of nitrogens with zero attached hydrogens (tertiary/aromatic N) is 2. The molecule has 198 valence electrons. The van der Waals surface area contributed by atoms with Gasteiger partial charge in [0.25, 0.3) is 5.91 Å². The highest BCUT2D eigenvalue weighted by molar-refractivity contribution is 6.08. The van der Waals surface area contributed by atoms with Crippen LogP contribution in [0.1, 0.15) is 36.4 Å². The van der Waals surface area contributed by atoms with Gasteiger partial charge in [-0.15, -0.1) is 0 Å². The Morgan fingerprint density at radius 2 is 1.72 bits per heavy atom. The predicted octanol–water partition coefficient (Wildman–Crippen LogP) is 5.49. The number of para-hydroxylation sites is 1. The summed E-state index contributed by atoms with van der Waals surface area (Å²) in [6, 6.07) is 17.2. The number of amides is 1. The highest BCUT2D eigenvalue weighted by atomic mass is 19.1. The number of benzene rings is 3. The number of hydrazone groups is 1. The molecule has 4 aliphatic rings. The molecule has 2 unspecified atom stereocenters. The molecule has 39 heavy (non-hydrogen) atoms. The summed E-state index contributed by atoms with van der Waals surface area (Å²) in [5, 5.41) is 6.37. The van der Waals surface area contributed by atoms with Gasteiger partial charge in [0.05, 0.1) is 11.8 Å². The van der Waals surface area contributed by atoms with E-state index in [9.17, 15) is 9.18 Å². The predicted molar refractivity (Wildman–Crippen MR) is 139 cm³/mol. The van der Waals surface area contributed by atoms with E-state index >= 15 is 0 Å². The molecule has 9 heteroatoms. The number of rotatable bonds is 5. The minimum Gasteiger partial charge on any atom is -0.481 e. The zero-order chi connectivity index (χ0) is 26.3. The fraction of sp³-hybridized carbons (Fsp3) is 0.267. The standard InChI is InChI=1S/C30H25FN2O6/c31-22-6-1-2-7-23(22)35-15-28(34)33-30(20-9-11-25-27(14-20)39-17-37-25)21-5-3-4-19(29(21)32-33)12-18-8-10-24-26(13-18)38-16-36-24/h1-2,6-14,21,30H,3-5,15-17H2. The molecule has 7 rings (SSSR count). The third-order valence-corrected chi connectivity index (χ3v) is 7.42. The van der Waals surface area contributed by atoms with Gasteiger partial charge in [-0.3, -0.25) is 4.79 Å². The second-order valence-electron chi connectivity index (χ2n) is 9.78. The highest BCUT2D eigenvalue weighted by Gasteiger charge is 2.44. The van der Waals surface area contributed by atoms with Crippen LogP contribution >= 0.6 is 0 Å². The van der Waals surface area contributed by atoms with Crippen molar-refractivity contribution in [3.63, 3.8) is 0 Å². The zero-order valence-electron chi connectivity index (χ0n) is 21.0. The Morgan fingerprint density at radius 1 is 0.974 bits per heavy atom. The van der Waals surface area contributed by atoms with Gasteiger partial charge in [0, 0.05) is 5.92 Å². The second kappa shape index (κ2) is 9.65. The van der Waals surface area contributed by atoms with Gasteiger partial charge in [-0.2, -0.15) is 5.10 Å². The van der Waals surface area contributed by atoms with Gasteiger partial charge in [0.1, 0.15) is 0 Å². The van der Waals surface area contributed by atoms with E-state index in [4.69, 9.17) is 28.8 Å². The summed E-state index contributed by atoms with van der Waals surface area (Å²) in [4.78, 5) is 13.5. The van der Waals surface area contributed by atoms with Crippen LogP contribution in [0, 0.1) is 11.7 Å². The summed E-state index contributed by atoms with van der Waals surface area (Å²) in [6.07, 6.45) is 4.77. The van der Waals surface area contributed by atoms with Gasteiger partial charge in [-0.05, 0) is 78.4 Å². The Hall–Kier alpha value is -4.53. The van der Waals surface area contributed by atoms with Crippen LogP contribution in [-0.4, -0.2) is 36.8 Å². The average Bonchev–Trinajstić information content (AvgIpc) is 3.70. The number of carbonyl (C=O) groups is 1. The topological polar surface area (TPSA) is 78.8 Å². The van der Waals surface area contributed by atoms with Crippen LogP contribution in [0.5, 0.6) is 28.7 Å². The van der Waals surface area contributed by atoms with E-state index in [2.05, 4.69) is 6.08 Å². The Balaban J connectivity index is 1.23. The fourth-order valence-electron chi connectivity index (χ4n) is 5.61. The number of hydrogen-bond donors (Lipinski definition) is 0. The molecule has 0 N–H and O–H groups in total. The summed E-state index contributed by atoms with van der Waals surface area (Å²) in [7, 11) is 0. The maximum atomic E-state index is 14.1. The van der Waals surface area contributed by atoms with Gasteiger partial charge < -0.3 is 23.7 Å². The molecule has 3 aliphatic heterocycles. The van der Waals surface area contributed by atoms with Crippen molar-refractivity contribution in [2.24, 2.45) is 11.0 Å². The molecule has 0 radical (unpaired) electrons. The molecule has 1 fully saturated rings. The van der Waals surface area contributed by atoms with Crippen molar-refractivity contribution >= 4 is 17.7 Å². The molecule has 3 aromatic carbocycles. The van der Waals surface area contributed by atoms with Crippen LogP contribution in [-0.2, 0) is 4.79 Å². The largest absolute Gasteiger partial charge is 0.481 e. The van der Waals surface area contributed by atoms with Crippen LogP contribution in [0.4, 0.5) is 4.39 Å². The fourth-order valence-corrected chi connectivity index (χ4v) is 5.61. The summed E-state index contributed by atoms with van der Waals surface area (Å²) in [6.45, 7) is 0.0379. The maximum Gasteiger partial charge on any atom is 0.281 e. The van der Waals surface area contributed by atoms with Crippen molar-refractivity contribution in [2.45, 2.75) is 25.3 Å². The van der Waals surface area contributed by atoms with E-state index in [1.807, 2.05) is 36.4 Å². The maximum absolute atomic E-state index is 14.1. The van der Waals surface area contributed by atoms with Crippen LogP contribution in [0.15, 0.2) is 71.3 Å². The van der Waals surface area contributed by atoms with Crippen molar-refractivity contribution in [3.05, 3.63) is 83.2 Å². The summed E-state index contributed by atoms with van der Waals surface area (Å²) < 4.78 is 41.8.